The molecule has 0 radical (unpaired) electrons. The molecule has 0 amide bonds. The van der Waals surface area contributed by atoms with E-state index in [1.807, 2.05) is 12.1 Å². The van der Waals surface area contributed by atoms with Crippen LogP contribution < -0.4 is 4.74 Å². The first-order chi connectivity index (χ1) is 7.99. The second-order valence-corrected chi connectivity index (χ2v) is 5.91. The fraction of sp³-hybridized carbons (Fsp3) is 0.533. The second-order valence-electron chi connectivity index (χ2n) is 5.91. The maximum Gasteiger partial charge on any atom is 0.150 e. The van der Waals surface area contributed by atoms with E-state index >= 15 is 0 Å². The molecule has 0 atom stereocenters. The molecule has 1 aromatic rings. The summed E-state index contributed by atoms with van der Waals surface area (Å²) in [6.45, 7) is 7.21. The summed E-state index contributed by atoms with van der Waals surface area (Å²) in [4.78, 5) is 10.9. The molecule has 2 heteroatoms. The molecule has 0 unspecified atom stereocenters. The number of ether oxygens (including phenoxy) is 1. The Hall–Kier alpha value is -1.31. The molecule has 1 aliphatic rings. The Morgan fingerprint density at radius 2 is 2.00 bits per heavy atom. The first-order valence-corrected chi connectivity index (χ1v) is 6.22. The van der Waals surface area contributed by atoms with Gasteiger partial charge in [0.05, 0.1) is 6.61 Å². The van der Waals surface area contributed by atoms with Crippen molar-refractivity contribution in [3.05, 3.63) is 29.3 Å². The molecule has 0 heterocycles. The van der Waals surface area contributed by atoms with Gasteiger partial charge in [-0.2, -0.15) is 0 Å². The molecule has 1 fully saturated rings. The van der Waals surface area contributed by atoms with Gasteiger partial charge in [-0.1, -0.05) is 20.8 Å². The van der Waals surface area contributed by atoms with Crippen LogP contribution in [0.2, 0.25) is 0 Å². The second kappa shape index (κ2) is 4.52. The maximum atomic E-state index is 10.9. The van der Waals surface area contributed by atoms with Gasteiger partial charge < -0.3 is 4.74 Å². The van der Waals surface area contributed by atoms with E-state index in [-0.39, 0.29) is 5.41 Å². The number of hydrogen-bond donors (Lipinski definition) is 0. The smallest absolute Gasteiger partial charge is 0.150 e. The van der Waals surface area contributed by atoms with Crippen LogP contribution in [-0.2, 0) is 5.41 Å². The van der Waals surface area contributed by atoms with Crippen LogP contribution >= 0.6 is 0 Å². The molecule has 0 aromatic heterocycles. The van der Waals surface area contributed by atoms with E-state index in [9.17, 15) is 4.79 Å². The van der Waals surface area contributed by atoms with Crippen LogP contribution in [0.15, 0.2) is 18.2 Å². The van der Waals surface area contributed by atoms with Crippen LogP contribution in [0.5, 0.6) is 5.75 Å². The molecule has 0 saturated heterocycles. The van der Waals surface area contributed by atoms with Crippen molar-refractivity contribution in [2.45, 2.75) is 39.0 Å². The molecule has 2 nitrogen and oxygen atoms in total. The van der Waals surface area contributed by atoms with E-state index in [1.54, 1.807) is 0 Å². The first-order valence-electron chi connectivity index (χ1n) is 6.22. The molecule has 1 saturated carbocycles. The van der Waals surface area contributed by atoms with Gasteiger partial charge in [-0.25, -0.2) is 0 Å². The van der Waals surface area contributed by atoms with E-state index in [1.165, 1.54) is 12.8 Å². The van der Waals surface area contributed by atoms with Crippen molar-refractivity contribution in [2.75, 3.05) is 6.61 Å². The quantitative estimate of drug-likeness (QED) is 0.742. The van der Waals surface area contributed by atoms with Crippen LogP contribution in [0.3, 0.4) is 0 Å². The van der Waals surface area contributed by atoms with Crippen LogP contribution in [-0.4, -0.2) is 12.9 Å². The Morgan fingerprint density at radius 1 is 1.29 bits per heavy atom. The normalized spacial score (nSPS) is 15.7. The lowest BCUT2D eigenvalue weighted by Crippen LogP contribution is -2.12. The number of hydrogen-bond acceptors (Lipinski definition) is 2. The molecule has 0 aliphatic heterocycles. The zero-order chi connectivity index (χ0) is 12.5. The minimum Gasteiger partial charge on any atom is -0.493 e. The van der Waals surface area contributed by atoms with Crippen LogP contribution in [0.25, 0.3) is 0 Å². The van der Waals surface area contributed by atoms with Crippen molar-refractivity contribution < 1.29 is 9.53 Å². The maximum absolute atomic E-state index is 10.9. The van der Waals surface area contributed by atoms with Gasteiger partial charge in [-0.3, -0.25) is 4.79 Å². The highest BCUT2D eigenvalue weighted by Crippen LogP contribution is 2.31. The summed E-state index contributed by atoms with van der Waals surface area (Å²) in [6.07, 6.45) is 3.44. The van der Waals surface area contributed by atoms with Crippen molar-refractivity contribution in [1.82, 2.24) is 0 Å². The lowest BCUT2D eigenvalue weighted by molar-refractivity contribution is 0.112. The Balaban J connectivity index is 2.20. The number of aldehydes is 1. The molecular weight excluding hydrogens is 212 g/mol. The van der Waals surface area contributed by atoms with Crippen molar-refractivity contribution in [1.29, 1.82) is 0 Å². The van der Waals surface area contributed by atoms with E-state index in [0.29, 0.717) is 5.56 Å². The van der Waals surface area contributed by atoms with Crippen molar-refractivity contribution >= 4 is 6.29 Å². The Morgan fingerprint density at radius 3 is 2.53 bits per heavy atom. The summed E-state index contributed by atoms with van der Waals surface area (Å²) in [5.41, 5.74) is 1.88. The number of rotatable bonds is 4. The third-order valence-electron chi connectivity index (χ3n) is 3.11. The highest BCUT2D eigenvalue weighted by atomic mass is 16.5. The van der Waals surface area contributed by atoms with Crippen LogP contribution in [0, 0.1) is 5.92 Å². The highest BCUT2D eigenvalue weighted by molar-refractivity contribution is 5.76. The first kappa shape index (κ1) is 12.2. The summed E-state index contributed by atoms with van der Waals surface area (Å²) in [5, 5.41) is 0. The van der Waals surface area contributed by atoms with Crippen LogP contribution in [0.4, 0.5) is 0 Å². The molecule has 0 N–H and O–H groups in total. The van der Waals surface area contributed by atoms with Gasteiger partial charge in [0.1, 0.15) is 12.0 Å². The molecule has 92 valence electrons. The van der Waals surface area contributed by atoms with Gasteiger partial charge in [-0.15, -0.1) is 0 Å². The lowest BCUT2D eigenvalue weighted by Gasteiger charge is -2.20. The predicted octanol–water partition coefficient (Wildman–Crippen LogP) is 3.59. The van der Waals surface area contributed by atoms with Gasteiger partial charge >= 0.3 is 0 Å². The minimum absolute atomic E-state index is 0.0384. The monoisotopic (exact) mass is 232 g/mol. The Labute approximate surface area is 103 Å². The third kappa shape index (κ3) is 3.32. The zero-order valence-corrected chi connectivity index (χ0v) is 10.8. The minimum atomic E-state index is 0.0384. The predicted molar refractivity (Wildman–Crippen MR) is 68.7 cm³/mol. The SMILES string of the molecule is CC(C)(C)c1cc(C=O)cc(OCC2CC2)c1. The highest BCUT2D eigenvalue weighted by Gasteiger charge is 2.22. The average Bonchev–Trinajstić information content (AvgIpc) is 3.08. The van der Waals surface area contributed by atoms with E-state index < -0.39 is 0 Å². The summed E-state index contributed by atoms with van der Waals surface area (Å²) in [5.74, 6) is 1.55. The fourth-order valence-electron chi connectivity index (χ4n) is 1.71. The summed E-state index contributed by atoms with van der Waals surface area (Å²) in [6, 6.07) is 5.82. The molecule has 2 rings (SSSR count). The largest absolute Gasteiger partial charge is 0.493 e. The van der Waals surface area contributed by atoms with Crippen molar-refractivity contribution in [3.63, 3.8) is 0 Å². The average molecular weight is 232 g/mol. The third-order valence-corrected chi connectivity index (χ3v) is 3.11. The molecule has 0 bridgehead atoms. The topological polar surface area (TPSA) is 26.3 Å². The van der Waals surface area contributed by atoms with Gasteiger partial charge in [-0.05, 0) is 47.9 Å². The molecule has 0 spiro atoms. The van der Waals surface area contributed by atoms with Gasteiger partial charge in [0.15, 0.2) is 0 Å². The number of carbonyl (C=O) groups excluding carboxylic acids is 1. The summed E-state index contributed by atoms with van der Waals surface area (Å²) >= 11 is 0. The standard InChI is InChI=1S/C15H20O2/c1-15(2,3)13-6-12(9-16)7-14(8-13)17-10-11-4-5-11/h6-9,11H,4-5,10H2,1-3H3. The number of benzene rings is 1. The van der Waals surface area contributed by atoms with E-state index in [2.05, 4.69) is 26.8 Å². The fourth-order valence-corrected chi connectivity index (χ4v) is 1.71. The summed E-state index contributed by atoms with van der Waals surface area (Å²) in [7, 11) is 0. The molecule has 17 heavy (non-hydrogen) atoms. The zero-order valence-electron chi connectivity index (χ0n) is 10.8. The Bertz CT molecular complexity index is 411. The Kier molecular flexibility index (Phi) is 3.23. The van der Waals surface area contributed by atoms with E-state index in [0.717, 1.165) is 30.1 Å². The van der Waals surface area contributed by atoms with E-state index in [4.69, 9.17) is 4.74 Å². The van der Waals surface area contributed by atoms with Crippen LogP contribution in [0.1, 0.15) is 49.5 Å². The molecule has 1 aromatic carbocycles. The van der Waals surface area contributed by atoms with Crippen molar-refractivity contribution in [3.8, 4) is 5.75 Å². The molecular formula is C15H20O2. The summed E-state index contributed by atoms with van der Waals surface area (Å²) < 4.78 is 5.75. The lowest BCUT2D eigenvalue weighted by atomic mass is 9.86. The van der Waals surface area contributed by atoms with Crippen molar-refractivity contribution in [2.24, 2.45) is 5.92 Å². The van der Waals surface area contributed by atoms with Gasteiger partial charge in [0.25, 0.3) is 0 Å². The molecule has 1 aliphatic carbocycles. The van der Waals surface area contributed by atoms with Gasteiger partial charge in [0, 0.05) is 5.56 Å². The number of carbonyl (C=O) groups is 1. The van der Waals surface area contributed by atoms with Gasteiger partial charge in [0.2, 0.25) is 0 Å².